The summed E-state index contributed by atoms with van der Waals surface area (Å²) in [6, 6.07) is 11.8. The molecule has 18 heavy (non-hydrogen) atoms. The minimum absolute atomic E-state index is 0.224. The smallest absolute Gasteiger partial charge is 0.269 e. The molecule has 0 bridgehead atoms. The molecule has 0 amide bonds. The summed E-state index contributed by atoms with van der Waals surface area (Å²) in [5.74, 6) is 0.824. The second kappa shape index (κ2) is 5.29. The lowest BCUT2D eigenvalue weighted by molar-refractivity contribution is 0.132. The number of aromatic nitrogens is 2. The third kappa shape index (κ3) is 2.64. The van der Waals surface area contributed by atoms with Gasteiger partial charge in [-0.2, -0.15) is 4.68 Å². The highest BCUT2D eigenvalue weighted by atomic mass is 16.5. The second-order valence-corrected chi connectivity index (χ2v) is 3.52. The zero-order valence-electron chi connectivity index (χ0n) is 9.56. The Bertz CT molecular complexity index is 593. The molecule has 2 rings (SSSR count). The fourth-order valence-electron chi connectivity index (χ4n) is 1.36. The molecular formula is C13H12N2O3. The number of ether oxygens (including phenoxy) is 1. The average Bonchev–Trinajstić information content (AvgIpc) is 2.41. The Morgan fingerprint density at radius 2 is 2.00 bits per heavy atom. The molecule has 1 atom stereocenters. The van der Waals surface area contributed by atoms with Crippen LogP contribution in [0.25, 0.3) is 0 Å². The van der Waals surface area contributed by atoms with E-state index < -0.39 is 11.8 Å². The third-order valence-corrected chi connectivity index (χ3v) is 2.23. The van der Waals surface area contributed by atoms with Gasteiger partial charge in [0.15, 0.2) is 6.23 Å². The summed E-state index contributed by atoms with van der Waals surface area (Å²) in [7, 11) is 0. The number of nitrogens with zero attached hydrogens (tertiary/aromatic N) is 2. The van der Waals surface area contributed by atoms with Crippen molar-refractivity contribution >= 4 is 0 Å². The van der Waals surface area contributed by atoms with Gasteiger partial charge in [-0.1, -0.05) is 24.8 Å². The lowest BCUT2D eigenvalue weighted by Crippen LogP contribution is -2.25. The van der Waals surface area contributed by atoms with E-state index in [9.17, 15) is 9.90 Å². The number of para-hydroxylation sites is 1. The molecule has 1 aromatic heterocycles. The molecule has 0 aliphatic heterocycles. The maximum Gasteiger partial charge on any atom is 0.269 e. The molecule has 5 nitrogen and oxygen atoms in total. The largest absolute Gasteiger partial charge is 0.438 e. The van der Waals surface area contributed by atoms with Crippen LogP contribution in [0, 0.1) is 0 Å². The van der Waals surface area contributed by atoms with Crippen LogP contribution >= 0.6 is 0 Å². The van der Waals surface area contributed by atoms with E-state index in [1.807, 2.05) is 18.2 Å². The van der Waals surface area contributed by atoms with E-state index in [-0.39, 0.29) is 5.88 Å². The van der Waals surface area contributed by atoms with Gasteiger partial charge >= 0.3 is 0 Å². The van der Waals surface area contributed by atoms with Crippen LogP contribution in [0.2, 0.25) is 0 Å². The number of aliphatic hydroxyl groups excluding tert-OH is 1. The Hall–Kier alpha value is -2.40. The first kappa shape index (κ1) is 12.1. The monoisotopic (exact) mass is 244 g/mol. The topological polar surface area (TPSA) is 64.3 Å². The van der Waals surface area contributed by atoms with Gasteiger partial charge in [-0.3, -0.25) is 4.79 Å². The van der Waals surface area contributed by atoms with Crippen molar-refractivity contribution in [3.05, 3.63) is 65.5 Å². The zero-order chi connectivity index (χ0) is 13.0. The van der Waals surface area contributed by atoms with Gasteiger partial charge in [0.2, 0.25) is 5.88 Å². The van der Waals surface area contributed by atoms with Crippen molar-refractivity contribution in [2.45, 2.75) is 6.23 Å². The quantitative estimate of drug-likeness (QED) is 0.831. The summed E-state index contributed by atoms with van der Waals surface area (Å²) in [6.07, 6.45) is 0.0394. The molecular weight excluding hydrogens is 232 g/mol. The van der Waals surface area contributed by atoms with Gasteiger partial charge in [-0.05, 0) is 18.2 Å². The van der Waals surface area contributed by atoms with Crippen molar-refractivity contribution in [2.24, 2.45) is 0 Å². The van der Waals surface area contributed by atoms with E-state index in [0.717, 1.165) is 4.68 Å². The van der Waals surface area contributed by atoms with Crippen molar-refractivity contribution < 1.29 is 9.84 Å². The molecule has 0 spiro atoms. The third-order valence-electron chi connectivity index (χ3n) is 2.23. The van der Waals surface area contributed by atoms with Crippen LogP contribution in [0.15, 0.2) is 59.9 Å². The Balaban J connectivity index is 2.30. The predicted molar refractivity (Wildman–Crippen MR) is 66.5 cm³/mol. The van der Waals surface area contributed by atoms with E-state index in [0.29, 0.717) is 5.75 Å². The number of aliphatic hydroxyl groups is 1. The van der Waals surface area contributed by atoms with Gasteiger partial charge in [0, 0.05) is 12.1 Å². The standard InChI is InChI=1S/C13H12N2O3/c1-2-12(16)15-13(17)9-8-11(14-15)18-10-6-4-3-5-7-10/h2-9,12,16H,1H2. The van der Waals surface area contributed by atoms with Gasteiger partial charge in [-0.25, -0.2) is 0 Å². The molecule has 0 radical (unpaired) electrons. The zero-order valence-corrected chi connectivity index (χ0v) is 9.56. The summed E-state index contributed by atoms with van der Waals surface area (Å²) >= 11 is 0. The molecule has 0 saturated heterocycles. The lowest BCUT2D eigenvalue weighted by atomic mass is 10.3. The molecule has 1 heterocycles. The molecule has 92 valence electrons. The molecule has 0 saturated carbocycles. The number of rotatable bonds is 4. The van der Waals surface area contributed by atoms with Crippen LogP contribution in [-0.2, 0) is 0 Å². The Morgan fingerprint density at radius 3 is 2.67 bits per heavy atom. The van der Waals surface area contributed by atoms with Gasteiger partial charge in [0.1, 0.15) is 5.75 Å². The van der Waals surface area contributed by atoms with E-state index in [1.165, 1.54) is 18.2 Å². The average molecular weight is 244 g/mol. The fourth-order valence-corrected chi connectivity index (χ4v) is 1.36. The molecule has 0 aliphatic carbocycles. The van der Waals surface area contributed by atoms with Crippen LogP contribution in [-0.4, -0.2) is 14.9 Å². The summed E-state index contributed by atoms with van der Waals surface area (Å²) in [5, 5.41) is 13.4. The highest BCUT2D eigenvalue weighted by Crippen LogP contribution is 2.17. The van der Waals surface area contributed by atoms with E-state index in [1.54, 1.807) is 12.1 Å². The van der Waals surface area contributed by atoms with Crippen LogP contribution < -0.4 is 10.3 Å². The van der Waals surface area contributed by atoms with Crippen LogP contribution in [0.5, 0.6) is 11.6 Å². The normalized spacial score (nSPS) is 11.8. The van der Waals surface area contributed by atoms with Crippen molar-refractivity contribution in [1.29, 1.82) is 0 Å². The predicted octanol–water partition coefficient (Wildman–Crippen LogP) is 1.71. The molecule has 1 aromatic carbocycles. The SMILES string of the molecule is C=CC(O)n1nc(Oc2ccccc2)ccc1=O. The minimum atomic E-state index is -1.17. The number of hydrogen-bond donors (Lipinski definition) is 1. The molecule has 0 fully saturated rings. The second-order valence-electron chi connectivity index (χ2n) is 3.52. The van der Waals surface area contributed by atoms with E-state index in [2.05, 4.69) is 11.7 Å². The molecule has 5 heteroatoms. The maximum atomic E-state index is 11.5. The van der Waals surface area contributed by atoms with E-state index >= 15 is 0 Å². The van der Waals surface area contributed by atoms with Gasteiger partial charge in [0.25, 0.3) is 5.56 Å². The van der Waals surface area contributed by atoms with Crippen molar-refractivity contribution in [3.63, 3.8) is 0 Å². The summed E-state index contributed by atoms with van der Waals surface area (Å²) in [6.45, 7) is 3.40. The van der Waals surface area contributed by atoms with Gasteiger partial charge in [-0.15, -0.1) is 5.10 Å². The number of benzene rings is 1. The minimum Gasteiger partial charge on any atom is -0.438 e. The highest BCUT2D eigenvalue weighted by Gasteiger charge is 2.07. The Kier molecular flexibility index (Phi) is 3.54. The summed E-state index contributed by atoms with van der Waals surface area (Å²) < 4.78 is 6.35. The van der Waals surface area contributed by atoms with Crippen LogP contribution in [0.1, 0.15) is 6.23 Å². The van der Waals surface area contributed by atoms with Crippen molar-refractivity contribution in [2.75, 3.05) is 0 Å². The molecule has 1 unspecified atom stereocenters. The first-order valence-corrected chi connectivity index (χ1v) is 5.34. The van der Waals surface area contributed by atoms with Gasteiger partial charge in [0.05, 0.1) is 0 Å². The number of hydrogen-bond acceptors (Lipinski definition) is 4. The van der Waals surface area contributed by atoms with Crippen molar-refractivity contribution in [1.82, 2.24) is 9.78 Å². The maximum absolute atomic E-state index is 11.5. The Morgan fingerprint density at radius 1 is 1.28 bits per heavy atom. The first-order chi connectivity index (χ1) is 8.70. The molecule has 0 aliphatic rings. The molecule has 1 N–H and O–H groups in total. The van der Waals surface area contributed by atoms with Crippen molar-refractivity contribution in [3.8, 4) is 11.6 Å². The highest BCUT2D eigenvalue weighted by molar-refractivity contribution is 5.25. The molecule has 2 aromatic rings. The lowest BCUT2D eigenvalue weighted by Gasteiger charge is -2.10. The van der Waals surface area contributed by atoms with Gasteiger partial charge < -0.3 is 9.84 Å². The fraction of sp³-hybridized carbons (Fsp3) is 0.0769. The van der Waals surface area contributed by atoms with E-state index in [4.69, 9.17) is 4.74 Å². The summed E-state index contributed by atoms with van der Waals surface area (Å²) in [5.41, 5.74) is -0.428. The first-order valence-electron chi connectivity index (χ1n) is 5.34. The van der Waals surface area contributed by atoms with Crippen LogP contribution in [0.4, 0.5) is 0 Å². The Labute approximate surface area is 104 Å². The summed E-state index contributed by atoms with van der Waals surface area (Å²) in [4.78, 5) is 11.5. The van der Waals surface area contributed by atoms with Crippen LogP contribution in [0.3, 0.4) is 0 Å².